The summed E-state index contributed by atoms with van der Waals surface area (Å²) in [5, 5.41) is 2.96. The number of rotatable bonds is 9. The summed E-state index contributed by atoms with van der Waals surface area (Å²) in [6, 6.07) is 0. The van der Waals surface area contributed by atoms with E-state index in [1.54, 1.807) is 14.0 Å². The summed E-state index contributed by atoms with van der Waals surface area (Å²) in [6.07, 6.45) is 4.10. The number of ether oxygens (including phenoxy) is 1. The zero-order chi connectivity index (χ0) is 12.6. The highest BCUT2D eigenvalue weighted by molar-refractivity contribution is 5.84. The average Bonchev–Trinajstić information content (AvgIpc) is 2.24. The van der Waals surface area contributed by atoms with E-state index in [1.165, 1.54) is 12.8 Å². The Labute approximate surface area is 98.9 Å². The second-order valence-electron chi connectivity index (χ2n) is 4.54. The minimum Gasteiger partial charge on any atom is -0.378 e. The number of carbonyl (C=O) groups is 1. The summed E-state index contributed by atoms with van der Waals surface area (Å²) in [4.78, 5) is 11.3. The van der Waals surface area contributed by atoms with E-state index < -0.39 is 5.54 Å². The van der Waals surface area contributed by atoms with E-state index in [0.29, 0.717) is 6.42 Å². The Hall–Kier alpha value is -0.610. The van der Waals surface area contributed by atoms with Crippen LogP contribution >= 0.6 is 0 Å². The van der Waals surface area contributed by atoms with Crippen molar-refractivity contribution in [1.29, 1.82) is 0 Å². The van der Waals surface area contributed by atoms with E-state index in [9.17, 15) is 4.79 Å². The van der Waals surface area contributed by atoms with Gasteiger partial charge in [-0.3, -0.25) is 4.79 Å². The standard InChI is InChI=1S/C12H26N2O2/c1-5-6-7-8-16-10(2)9-12(3,14-4)11(13)15/h10,14H,5-9H2,1-4H3,(H2,13,15). The number of nitrogens with two attached hydrogens (primary N) is 1. The summed E-state index contributed by atoms with van der Waals surface area (Å²) >= 11 is 0. The lowest BCUT2D eigenvalue weighted by Gasteiger charge is -2.28. The monoisotopic (exact) mass is 230 g/mol. The van der Waals surface area contributed by atoms with Crippen molar-refractivity contribution in [2.75, 3.05) is 13.7 Å². The lowest BCUT2D eigenvalue weighted by Crippen LogP contribution is -2.53. The van der Waals surface area contributed by atoms with Crippen LogP contribution in [0.5, 0.6) is 0 Å². The van der Waals surface area contributed by atoms with Gasteiger partial charge in [0.15, 0.2) is 0 Å². The number of hydrogen-bond donors (Lipinski definition) is 2. The fourth-order valence-electron chi connectivity index (χ4n) is 1.60. The summed E-state index contributed by atoms with van der Waals surface area (Å²) in [6.45, 7) is 6.70. The van der Waals surface area contributed by atoms with Crippen LogP contribution in [0.2, 0.25) is 0 Å². The maximum Gasteiger partial charge on any atom is 0.237 e. The first-order chi connectivity index (χ1) is 7.46. The van der Waals surface area contributed by atoms with E-state index in [1.807, 2.05) is 6.92 Å². The van der Waals surface area contributed by atoms with Gasteiger partial charge in [-0.05, 0) is 27.3 Å². The van der Waals surface area contributed by atoms with Gasteiger partial charge >= 0.3 is 0 Å². The maximum absolute atomic E-state index is 11.3. The highest BCUT2D eigenvalue weighted by atomic mass is 16.5. The number of nitrogens with one attached hydrogen (secondary N) is 1. The molecule has 0 aromatic carbocycles. The van der Waals surface area contributed by atoms with Crippen LogP contribution in [-0.2, 0) is 9.53 Å². The van der Waals surface area contributed by atoms with Crippen molar-refractivity contribution in [2.24, 2.45) is 5.73 Å². The highest BCUT2D eigenvalue weighted by Gasteiger charge is 2.31. The maximum atomic E-state index is 11.3. The quantitative estimate of drug-likeness (QED) is 0.589. The van der Waals surface area contributed by atoms with Crippen molar-refractivity contribution >= 4 is 5.91 Å². The average molecular weight is 230 g/mol. The van der Waals surface area contributed by atoms with Crippen molar-refractivity contribution < 1.29 is 9.53 Å². The van der Waals surface area contributed by atoms with E-state index in [2.05, 4.69) is 12.2 Å². The van der Waals surface area contributed by atoms with Crippen LogP contribution in [-0.4, -0.2) is 31.2 Å². The molecule has 0 rings (SSSR count). The van der Waals surface area contributed by atoms with E-state index in [0.717, 1.165) is 13.0 Å². The fraction of sp³-hybridized carbons (Fsp3) is 0.917. The topological polar surface area (TPSA) is 64.3 Å². The molecule has 16 heavy (non-hydrogen) atoms. The minimum atomic E-state index is -0.676. The van der Waals surface area contributed by atoms with Gasteiger partial charge < -0.3 is 15.8 Å². The van der Waals surface area contributed by atoms with Crippen molar-refractivity contribution in [1.82, 2.24) is 5.32 Å². The van der Waals surface area contributed by atoms with Gasteiger partial charge in [0.2, 0.25) is 5.91 Å². The van der Waals surface area contributed by atoms with Gasteiger partial charge in [0.25, 0.3) is 0 Å². The largest absolute Gasteiger partial charge is 0.378 e. The molecule has 0 heterocycles. The first kappa shape index (κ1) is 15.4. The molecule has 0 saturated carbocycles. The van der Waals surface area contributed by atoms with Crippen LogP contribution in [0.4, 0.5) is 0 Å². The molecule has 0 aliphatic heterocycles. The molecule has 0 aromatic heterocycles. The zero-order valence-corrected chi connectivity index (χ0v) is 11.0. The van der Waals surface area contributed by atoms with Crippen molar-refractivity contribution in [3.8, 4) is 0 Å². The third-order valence-electron chi connectivity index (χ3n) is 2.94. The van der Waals surface area contributed by atoms with Crippen LogP contribution < -0.4 is 11.1 Å². The normalized spacial score (nSPS) is 16.8. The third kappa shape index (κ3) is 5.47. The van der Waals surface area contributed by atoms with E-state index >= 15 is 0 Å². The van der Waals surface area contributed by atoms with Crippen molar-refractivity contribution in [3.05, 3.63) is 0 Å². The van der Waals surface area contributed by atoms with Crippen molar-refractivity contribution in [3.63, 3.8) is 0 Å². The number of amides is 1. The van der Waals surface area contributed by atoms with Gasteiger partial charge in [0.1, 0.15) is 0 Å². The first-order valence-corrected chi connectivity index (χ1v) is 6.06. The molecule has 3 N–H and O–H groups in total. The summed E-state index contributed by atoms with van der Waals surface area (Å²) < 4.78 is 5.64. The molecule has 2 unspecified atom stereocenters. The lowest BCUT2D eigenvalue weighted by atomic mass is 9.94. The summed E-state index contributed by atoms with van der Waals surface area (Å²) in [7, 11) is 1.74. The zero-order valence-electron chi connectivity index (χ0n) is 11.0. The Morgan fingerprint density at radius 1 is 1.50 bits per heavy atom. The van der Waals surface area contributed by atoms with Gasteiger partial charge in [-0.1, -0.05) is 19.8 Å². The predicted molar refractivity (Wildman–Crippen MR) is 66.2 cm³/mol. The van der Waals surface area contributed by atoms with Gasteiger partial charge in [-0.2, -0.15) is 0 Å². The molecule has 96 valence electrons. The molecule has 4 heteroatoms. The predicted octanol–water partition coefficient (Wildman–Crippen LogP) is 1.44. The smallest absolute Gasteiger partial charge is 0.237 e. The fourth-order valence-corrected chi connectivity index (χ4v) is 1.60. The molecule has 0 fully saturated rings. The Morgan fingerprint density at radius 3 is 2.56 bits per heavy atom. The Morgan fingerprint density at radius 2 is 2.12 bits per heavy atom. The van der Waals surface area contributed by atoms with Gasteiger partial charge in [0, 0.05) is 13.0 Å². The molecule has 0 aliphatic rings. The second-order valence-corrected chi connectivity index (χ2v) is 4.54. The van der Waals surface area contributed by atoms with E-state index in [-0.39, 0.29) is 12.0 Å². The summed E-state index contributed by atoms with van der Waals surface area (Å²) in [5.74, 6) is -0.334. The molecule has 0 aromatic rings. The summed E-state index contributed by atoms with van der Waals surface area (Å²) in [5.41, 5.74) is 4.67. The van der Waals surface area contributed by atoms with Crippen molar-refractivity contribution in [2.45, 2.75) is 58.1 Å². The van der Waals surface area contributed by atoms with Gasteiger partial charge in [0.05, 0.1) is 11.6 Å². The molecule has 0 saturated heterocycles. The molecule has 0 radical (unpaired) electrons. The number of unbranched alkanes of at least 4 members (excludes halogenated alkanes) is 2. The Kier molecular flexibility index (Phi) is 7.34. The van der Waals surface area contributed by atoms with Crippen LogP contribution in [0, 0.1) is 0 Å². The van der Waals surface area contributed by atoms with E-state index in [4.69, 9.17) is 10.5 Å². The third-order valence-corrected chi connectivity index (χ3v) is 2.94. The lowest BCUT2D eigenvalue weighted by molar-refractivity contribution is -0.125. The van der Waals surface area contributed by atoms with Crippen LogP contribution in [0.25, 0.3) is 0 Å². The SMILES string of the molecule is CCCCCOC(C)CC(C)(NC)C(N)=O. The Bertz CT molecular complexity index is 209. The molecule has 0 bridgehead atoms. The number of carbonyl (C=O) groups excluding carboxylic acids is 1. The minimum absolute atomic E-state index is 0.0433. The number of primary amides is 1. The molecule has 4 nitrogen and oxygen atoms in total. The van der Waals surface area contributed by atoms with Crippen LogP contribution in [0.1, 0.15) is 46.5 Å². The van der Waals surface area contributed by atoms with Gasteiger partial charge in [-0.15, -0.1) is 0 Å². The Balaban J connectivity index is 3.92. The molecular formula is C12H26N2O2. The molecule has 0 spiro atoms. The number of hydrogen-bond acceptors (Lipinski definition) is 3. The van der Waals surface area contributed by atoms with Gasteiger partial charge in [-0.25, -0.2) is 0 Å². The first-order valence-electron chi connectivity index (χ1n) is 6.06. The molecule has 1 amide bonds. The molecular weight excluding hydrogens is 204 g/mol. The molecule has 2 atom stereocenters. The second kappa shape index (κ2) is 7.63. The molecule has 0 aliphatic carbocycles. The van der Waals surface area contributed by atoms with Crippen LogP contribution in [0.3, 0.4) is 0 Å². The highest BCUT2D eigenvalue weighted by Crippen LogP contribution is 2.14. The van der Waals surface area contributed by atoms with Crippen LogP contribution in [0.15, 0.2) is 0 Å². The number of likely N-dealkylation sites (N-methyl/N-ethyl adjacent to an activating group) is 1.